The van der Waals surface area contributed by atoms with Crippen LogP contribution in [0.25, 0.3) is 0 Å². The van der Waals surface area contributed by atoms with Gasteiger partial charge in [-0.1, -0.05) is 6.42 Å². The molecule has 1 aliphatic carbocycles. The third-order valence-corrected chi connectivity index (χ3v) is 5.43. The molecule has 23 heavy (non-hydrogen) atoms. The minimum atomic E-state index is 0. The zero-order chi connectivity index (χ0) is 14.7. The largest absolute Gasteiger partial charge is 0.379 e. The maximum Gasteiger partial charge on any atom is 0.227 e. The molecule has 2 aliphatic heterocycles. The van der Waals surface area contributed by atoms with E-state index in [9.17, 15) is 4.79 Å². The van der Waals surface area contributed by atoms with Crippen LogP contribution in [0, 0.1) is 11.8 Å². The van der Waals surface area contributed by atoms with E-state index in [1.807, 2.05) is 0 Å². The van der Waals surface area contributed by atoms with Crippen molar-refractivity contribution in [2.24, 2.45) is 17.6 Å². The van der Waals surface area contributed by atoms with Crippen LogP contribution in [0.5, 0.6) is 0 Å². The number of hydrogen-bond acceptors (Lipinski definition) is 4. The minimum Gasteiger partial charge on any atom is -0.379 e. The predicted molar refractivity (Wildman–Crippen MR) is 96.4 cm³/mol. The van der Waals surface area contributed by atoms with Crippen molar-refractivity contribution in [2.75, 3.05) is 45.9 Å². The molecule has 0 aromatic heterocycles. The van der Waals surface area contributed by atoms with Crippen LogP contribution in [0.4, 0.5) is 0 Å². The number of likely N-dealkylation sites (tertiary alicyclic amines) is 1. The summed E-state index contributed by atoms with van der Waals surface area (Å²) in [5.41, 5.74) is 6.07. The molecule has 0 aromatic carbocycles. The van der Waals surface area contributed by atoms with Crippen molar-refractivity contribution < 1.29 is 9.53 Å². The fraction of sp³-hybridized carbons (Fsp3) is 0.938. The summed E-state index contributed by atoms with van der Waals surface area (Å²) < 4.78 is 5.40. The summed E-state index contributed by atoms with van der Waals surface area (Å²) in [6, 6.07) is 0.101. The van der Waals surface area contributed by atoms with Gasteiger partial charge in [0.1, 0.15) is 0 Å². The molecule has 2 saturated heterocycles. The van der Waals surface area contributed by atoms with E-state index in [0.717, 1.165) is 77.4 Å². The molecule has 5 nitrogen and oxygen atoms in total. The summed E-state index contributed by atoms with van der Waals surface area (Å²) in [4.78, 5) is 17.1. The molecule has 3 aliphatic rings. The standard InChI is InChI=1S/C16H29N3O2.2ClH/c17-15-3-1-2-14(15)16(20)19-6-4-13(5-7-19)12-18-8-10-21-11-9-18;;/h13-15H,1-12,17H2;2*1H. The maximum absolute atomic E-state index is 12.5. The van der Waals surface area contributed by atoms with Crippen molar-refractivity contribution in [3.8, 4) is 0 Å². The van der Waals surface area contributed by atoms with Crippen molar-refractivity contribution in [3.05, 3.63) is 0 Å². The summed E-state index contributed by atoms with van der Waals surface area (Å²) in [6.07, 6.45) is 5.42. The van der Waals surface area contributed by atoms with Crippen LogP contribution in [0.15, 0.2) is 0 Å². The molecule has 2 unspecified atom stereocenters. The van der Waals surface area contributed by atoms with E-state index in [4.69, 9.17) is 10.5 Å². The van der Waals surface area contributed by atoms with Crippen molar-refractivity contribution in [2.45, 2.75) is 38.1 Å². The van der Waals surface area contributed by atoms with Crippen molar-refractivity contribution in [3.63, 3.8) is 0 Å². The Labute approximate surface area is 152 Å². The van der Waals surface area contributed by atoms with E-state index >= 15 is 0 Å². The van der Waals surface area contributed by atoms with Crippen LogP contribution in [-0.4, -0.2) is 67.7 Å². The van der Waals surface area contributed by atoms with Gasteiger partial charge in [0.05, 0.1) is 19.1 Å². The monoisotopic (exact) mass is 367 g/mol. The topological polar surface area (TPSA) is 58.8 Å². The molecule has 3 fully saturated rings. The fourth-order valence-corrected chi connectivity index (χ4v) is 4.01. The number of nitrogens with zero attached hydrogens (tertiary/aromatic N) is 2. The molecule has 7 heteroatoms. The van der Waals surface area contributed by atoms with Crippen LogP contribution in [0.3, 0.4) is 0 Å². The summed E-state index contributed by atoms with van der Waals surface area (Å²) in [5, 5.41) is 0. The molecule has 136 valence electrons. The van der Waals surface area contributed by atoms with Gasteiger partial charge in [0, 0.05) is 38.8 Å². The summed E-state index contributed by atoms with van der Waals surface area (Å²) >= 11 is 0. The molecule has 3 rings (SSSR count). The molecule has 0 aromatic rings. The van der Waals surface area contributed by atoms with E-state index in [2.05, 4.69) is 9.80 Å². The number of amides is 1. The highest BCUT2D eigenvalue weighted by Gasteiger charge is 2.34. The molecular weight excluding hydrogens is 337 g/mol. The second-order valence-corrected chi connectivity index (χ2v) is 6.88. The highest BCUT2D eigenvalue weighted by molar-refractivity contribution is 5.85. The van der Waals surface area contributed by atoms with Gasteiger partial charge < -0.3 is 15.4 Å². The molecule has 2 atom stereocenters. The second-order valence-electron chi connectivity index (χ2n) is 6.88. The Hall–Kier alpha value is -0.0700. The van der Waals surface area contributed by atoms with Crippen LogP contribution >= 0.6 is 24.8 Å². The van der Waals surface area contributed by atoms with Gasteiger partial charge in [0.25, 0.3) is 0 Å². The van der Waals surface area contributed by atoms with E-state index in [1.165, 1.54) is 6.54 Å². The number of piperidine rings is 1. The van der Waals surface area contributed by atoms with Gasteiger partial charge in [-0.3, -0.25) is 9.69 Å². The number of carbonyl (C=O) groups excluding carboxylic acids is 1. The van der Waals surface area contributed by atoms with E-state index in [1.54, 1.807) is 0 Å². The third-order valence-electron chi connectivity index (χ3n) is 5.43. The first-order valence-electron chi connectivity index (χ1n) is 8.58. The molecule has 0 bridgehead atoms. The van der Waals surface area contributed by atoms with Crippen molar-refractivity contribution >= 4 is 30.7 Å². The first-order valence-corrected chi connectivity index (χ1v) is 8.58. The molecule has 1 amide bonds. The lowest BCUT2D eigenvalue weighted by molar-refractivity contribution is -0.137. The number of halogens is 2. The number of carbonyl (C=O) groups is 1. The third kappa shape index (κ3) is 5.46. The van der Waals surface area contributed by atoms with Crippen LogP contribution in [-0.2, 0) is 9.53 Å². The molecule has 2 heterocycles. The van der Waals surface area contributed by atoms with Crippen LogP contribution in [0.2, 0.25) is 0 Å². The Morgan fingerprint density at radius 2 is 1.65 bits per heavy atom. The lowest BCUT2D eigenvalue weighted by atomic mass is 9.94. The first-order chi connectivity index (χ1) is 10.2. The van der Waals surface area contributed by atoms with Gasteiger partial charge in [0.2, 0.25) is 5.91 Å². The van der Waals surface area contributed by atoms with Gasteiger partial charge in [-0.05, 0) is 31.6 Å². The summed E-state index contributed by atoms with van der Waals surface area (Å²) in [7, 11) is 0. The summed E-state index contributed by atoms with van der Waals surface area (Å²) in [5.74, 6) is 1.16. The molecule has 2 N–H and O–H groups in total. The highest BCUT2D eigenvalue weighted by atomic mass is 35.5. The van der Waals surface area contributed by atoms with Crippen molar-refractivity contribution in [1.82, 2.24) is 9.80 Å². The highest BCUT2D eigenvalue weighted by Crippen LogP contribution is 2.28. The van der Waals surface area contributed by atoms with E-state index < -0.39 is 0 Å². The zero-order valence-electron chi connectivity index (χ0n) is 13.8. The van der Waals surface area contributed by atoms with Crippen molar-refractivity contribution in [1.29, 1.82) is 0 Å². The average molecular weight is 368 g/mol. The summed E-state index contributed by atoms with van der Waals surface area (Å²) in [6.45, 7) is 6.91. The molecular formula is C16H31Cl2N3O2. The Morgan fingerprint density at radius 3 is 2.22 bits per heavy atom. The number of ether oxygens (including phenoxy) is 1. The van der Waals surface area contributed by atoms with Gasteiger partial charge in [0.15, 0.2) is 0 Å². The quantitative estimate of drug-likeness (QED) is 0.821. The number of rotatable bonds is 3. The SMILES string of the molecule is Cl.Cl.NC1CCCC1C(=O)N1CCC(CN2CCOCC2)CC1. The Balaban J connectivity index is 0.00000132. The van der Waals surface area contributed by atoms with Crippen LogP contribution < -0.4 is 5.73 Å². The lowest BCUT2D eigenvalue weighted by Crippen LogP contribution is -2.47. The minimum absolute atomic E-state index is 0. The number of morpholine rings is 1. The first kappa shape index (κ1) is 21.0. The zero-order valence-corrected chi connectivity index (χ0v) is 15.5. The smallest absolute Gasteiger partial charge is 0.227 e. The van der Waals surface area contributed by atoms with Gasteiger partial charge in [-0.15, -0.1) is 24.8 Å². The maximum atomic E-state index is 12.5. The molecule has 0 radical (unpaired) electrons. The fourth-order valence-electron chi connectivity index (χ4n) is 4.01. The van der Waals surface area contributed by atoms with Gasteiger partial charge in [-0.2, -0.15) is 0 Å². The lowest BCUT2D eigenvalue weighted by Gasteiger charge is -2.37. The van der Waals surface area contributed by atoms with Crippen LogP contribution in [0.1, 0.15) is 32.1 Å². The Kier molecular flexibility index (Phi) is 9.16. The molecule has 1 saturated carbocycles. The number of nitrogens with two attached hydrogens (primary N) is 1. The Bertz CT molecular complexity index is 359. The molecule has 0 spiro atoms. The van der Waals surface area contributed by atoms with Gasteiger partial charge >= 0.3 is 0 Å². The second kappa shape index (κ2) is 10.0. The van der Waals surface area contributed by atoms with E-state index in [0.29, 0.717) is 5.91 Å². The Morgan fingerprint density at radius 1 is 1.00 bits per heavy atom. The van der Waals surface area contributed by atoms with E-state index in [-0.39, 0.29) is 36.8 Å². The predicted octanol–water partition coefficient (Wildman–Crippen LogP) is 1.53. The normalized spacial score (nSPS) is 29.7. The number of hydrogen-bond donors (Lipinski definition) is 1. The average Bonchev–Trinajstić information content (AvgIpc) is 2.94. The van der Waals surface area contributed by atoms with Gasteiger partial charge in [-0.25, -0.2) is 0 Å².